The zero-order valence-electron chi connectivity index (χ0n) is 51.0. The van der Waals surface area contributed by atoms with Crippen LogP contribution in [0.2, 0.25) is 0 Å². The highest BCUT2D eigenvalue weighted by Crippen LogP contribution is 2.49. The van der Waals surface area contributed by atoms with Crippen LogP contribution in [0.25, 0.3) is 144 Å². The highest BCUT2D eigenvalue weighted by molar-refractivity contribution is 7.00. The first-order valence-corrected chi connectivity index (χ1v) is 31.4. The van der Waals surface area contributed by atoms with Gasteiger partial charge in [0.2, 0.25) is 0 Å². The Morgan fingerprint density at radius 3 is 1.03 bits per heavy atom. The smallest absolute Gasteiger partial charge is 0.252 e. The second-order valence-corrected chi connectivity index (χ2v) is 26.7. The molecule has 12 aromatic carbocycles. The lowest BCUT2D eigenvalue weighted by atomic mass is 9.34. The summed E-state index contributed by atoms with van der Waals surface area (Å²) in [4.78, 5) is 5.59. The highest BCUT2D eigenvalue weighted by Gasteiger charge is 2.43. The Kier molecular flexibility index (Phi) is 11.9. The van der Waals surface area contributed by atoms with Crippen LogP contribution in [-0.2, 0) is 10.8 Å². The van der Waals surface area contributed by atoms with E-state index in [-0.39, 0.29) is 17.5 Å². The third-order valence-corrected chi connectivity index (χ3v) is 19.2. The van der Waals surface area contributed by atoms with E-state index in [1.54, 1.807) is 0 Å². The molecule has 422 valence electrons. The number of benzene rings is 12. The van der Waals surface area contributed by atoms with Crippen molar-refractivity contribution in [2.24, 2.45) is 0 Å². The van der Waals surface area contributed by atoms with E-state index in [4.69, 9.17) is 4.98 Å². The molecule has 2 aliphatic rings. The Morgan fingerprint density at radius 2 is 0.640 bits per heavy atom. The summed E-state index contributed by atoms with van der Waals surface area (Å²) in [5.41, 5.74) is 32.0. The maximum atomic E-state index is 5.59. The lowest BCUT2D eigenvalue weighted by Crippen LogP contribution is -2.59. The molecule has 15 aromatic rings. The van der Waals surface area contributed by atoms with Crippen LogP contribution in [0.5, 0.6) is 0 Å². The molecule has 3 nitrogen and oxygen atoms in total. The molecule has 0 unspecified atom stereocenters. The van der Waals surface area contributed by atoms with Crippen LogP contribution in [0.1, 0.15) is 52.7 Å². The number of nitrogens with zero attached hydrogens (tertiary/aromatic N) is 3. The molecule has 0 N–H and O–H groups in total. The molecular formula is C85H64BN3. The van der Waals surface area contributed by atoms with E-state index in [2.05, 4.69) is 330 Å². The third-order valence-electron chi connectivity index (χ3n) is 19.2. The predicted octanol–water partition coefficient (Wildman–Crippen LogP) is 20.3. The molecule has 17 rings (SSSR count). The van der Waals surface area contributed by atoms with Crippen molar-refractivity contribution in [1.82, 2.24) is 14.1 Å². The quantitative estimate of drug-likeness (QED) is 0.139. The second-order valence-electron chi connectivity index (χ2n) is 26.7. The van der Waals surface area contributed by atoms with Crippen LogP contribution in [0.4, 0.5) is 0 Å². The first-order valence-electron chi connectivity index (χ1n) is 31.4. The summed E-state index contributed by atoms with van der Waals surface area (Å²) in [7, 11) is 0. The minimum atomic E-state index is -0.179. The molecule has 5 heterocycles. The molecular weight excluding hydrogens is 1070 g/mol. The fourth-order valence-electron chi connectivity index (χ4n) is 14.8. The van der Waals surface area contributed by atoms with Gasteiger partial charge in [-0.25, -0.2) is 4.98 Å². The summed E-state index contributed by atoms with van der Waals surface area (Å²) in [5, 5.41) is 4.96. The van der Waals surface area contributed by atoms with Crippen LogP contribution >= 0.6 is 0 Å². The van der Waals surface area contributed by atoms with E-state index < -0.39 is 0 Å². The second kappa shape index (κ2) is 20.0. The Labute approximate surface area is 521 Å². The minimum Gasteiger partial charge on any atom is -0.310 e. The van der Waals surface area contributed by atoms with Crippen LogP contribution in [0.3, 0.4) is 0 Å². The maximum absolute atomic E-state index is 5.59. The van der Waals surface area contributed by atoms with Crippen molar-refractivity contribution in [3.05, 3.63) is 290 Å². The average Bonchev–Trinajstić information content (AvgIpc) is 1.56. The van der Waals surface area contributed by atoms with Gasteiger partial charge < -0.3 is 9.13 Å². The lowest BCUT2D eigenvalue weighted by Gasteiger charge is -2.35. The summed E-state index contributed by atoms with van der Waals surface area (Å²) in [5.74, 6) is 0. The molecule has 0 atom stereocenters. The molecule has 0 radical (unpaired) electrons. The Bertz CT molecular complexity index is 5030. The topological polar surface area (TPSA) is 22.8 Å². The number of fused-ring (bicyclic) bond motifs is 10. The normalized spacial score (nSPS) is 12.6. The molecule has 0 saturated heterocycles. The van der Waals surface area contributed by atoms with Crippen LogP contribution < -0.4 is 16.4 Å². The van der Waals surface area contributed by atoms with Gasteiger partial charge in [0.25, 0.3) is 6.71 Å². The molecule has 0 fully saturated rings. The minimum absolute atomic E-state index is 0.00649. The maximum Gasteiger partial charge on any atom is 0.252 e. The van der Waals surface area contributed by atoms with Gasteiger partial charge in [0.15, 0.2) is 0 Å². The SMILES string of the molecule is CC(C)(C)c1ccc(-c2cc3c4c(c2)c2c(-c5ccccc5)cc(-c5ccccc5)cc2n4-c2cc(-c4cccc(-c5ccccc5)n4)cc4c2B3c2cc(-c3ccc(C(C)(C)C)cc3)cc3c5c(-c6ccccc6)cc(-c6ccccc6)cc5n-4c23)cc1. The van der Waals surface area contributed by atoms with E-state index in [1.807, 2.05) is 0 Å². The molecule has 89 heavy (non-hydrogen) atoms. The zero-order chi connectivity index (χ0) is 59.9. The van der Waals surface area contributed by atoms with E-state index in [0.717, 1.165) is 33.9 Å². The largest absolute Gasteiger partial charge is 0.310 e. The van der Waals surface area contributed by atoms with Gasteiger partial charge in [-0.1, -0.05) is 260 Å². The summed E-state index contributed by atoms with van der Waals surface area (Å²) < 4.78 is 5.33. The van der Waals surface area contributed by atoms with Gasteiger partial charge in [0, 0.05) is 55.1 Å². The van der Waals surface area contributed by atoms with Crippen molar-refractivity contribution in [3.8, 4) is 101 Å². The Balaban J connectivity index is 1.08. The van der Waals surface area contributed by atoms with Gasteiger partial charge in [0.05, 0.1) is 22.4 Å². The number of aromatic nitrogens is 3. The molecule has 2 aliphatic heterocycles. The van der Waals surface area contributed by atoms with Gasteiger partial charge in [0.1, 0.15) is 0 Å². The lowest BCUT2D eigenvalue weighted by molar-refractivity contribution is 0.590. The van der Waals surface area contributed by atoms with Gasteiger partial charge in [-0.05, 0) is 166 Å². The Morgan fingerprint density at radius 1 is 0.292 bits per heavy atom. The van der Waals surface area contributed by atoms with Crippen molar-refractivity contribution in [2.45, 2.75) is 52.4 Å². The molecule has 3 aromatic heterocycles. The van der Waals surface area contributed by atoms with E-state index >= 15 is 0 Å². The molecule has 0 saturated carbocycles. The third kappa shape index (κ3) is 8.52. The van der Waals surface area contributed by atoms with Gasteiger partial charge in [-0.2, -0.15) is 0 Å². The van der Waals surface area contributed by atoms with Gasteiger partial charge in [-0.3, -0.25) is 0 Å². The van der Waals surface area contributed by atoms with Gasteiger partial charge >= 0.3 is 0 Å². The van der Waals surface area contributed by atoms with Crippen molar-refractivity contribution in [1.29, 1.82) is 0 Å². The number of rotatable bonds is 8. The molecule has 4 heteroatoms. The monoisotopic (exact) mass is 1140 g/mol. The van der Waals surface area contributed by atoms with Crippen molar-refractivity contribution in [2.75, 3.05) is 0 Å². The van der Waals surface area contributed by atoms with Crippen LogP contribution in [-0.4, -0.2) is 20.8 Å². The number of pyridine rings is 1. The molecule has 0 amide bonds. The highest BCUT2D eigenvalue weighted by atomic mass is 15.0. The van der Waals surface area contributed by atoms with E-state index in [9.17, 15) is 0 Å². The van der Waals surface area contributed by atoms with Gasteiger partial charge in [-0.15, -0.1) is 0 Å². The standard InChI is InChI=1S/C85H64BN3/c1-84(2,3)65-39-35-55(36-40-65)60-45-69-79-67(57-27-16-9-17-28-57)43-62(53-23-12-7-13-24-53)49-75(79)88-77-51-64(74-34-22-33-73(87-74)59-31-20-11-21-32-59)52-78-81(77)86(71(47-60)82(69)88)72-48-61(56-37-41-66(42-38-56)85(4,5)6)46-70-80-68(58-29-18-10-19-30-58)44-63(54-25-14-8-15-26-54)50-76(80)89(78)83(70)72/h7-52H,1-6H3. The van der Waals surface area contributed by atoms with Crippen molar-refractivity contribution in [3.63, 3.8) is 0 Å². The number of hydrogen-bond acceptors (Lipinski definition) is 1. The molecule has 0 aliphatic carbocycles. The fourth-order valence-corrected chi connectivity index (χ4v) is 14.8. The van der Waals surface area contributed by atoms with Crippen molar-refractivity contribution < 1.29 is 0 Å². The van der Waals surface area contributed by atoms with E-state index in [1.165, 1.54) is 138 Å². The van der Waals surface area contributed by atoms with E-state index in [0.29, 0.717) is 0 Å². The Hall–Kier alpha value is -10.5. The first kappa shape index (κ1) is 52.8. The predicted molar refractivity (Wildman–Crippen MR) is 378 cm³/mol. The van der Waals surface area contributed by atoms with Crippen molar-refractivity contribution >= 4 is 66.7 Å². The summed E-state index contributed by atoms with van der Waals surface area (Å²) in [6.07, 6.45) is 0. The summed E-state index contributed by atoms with van der Waals surface area (Å²) in [6, 6.07) is 105. The zero-order valence-corrected chi connectivity index (χ0v) is 51.0. The molecule has 0 bridgehead atoms. The summed E-state index contributed by atoms with van der Waals surface area (Å²) >= 11 is 0. The number of hydrogen-bond donors (Lipinski definition) is 0. The van der Waals surface area contributed by atoms with Crippen LogP contribution in [0, 0.1) is 0 Å². The van der Waals surface area contributed by atoms with Crippen LogP contribution in [0.15, 0.2) is 279 Å². The first-order chi connectivity index (χ1) is 43.4. The average molecular weight is 1140 g/mol. The fraction of sp³-hybridized carbons (Fsp3) is 0.0941. The summed E-state index contributed by atoms with van der Waals surface area (Å²) in [6.45, 7) is 13.7. The molecule has 0 spiro atoms.